The van der Waals surface area contributed by atoms with Crippen LogP contribution in [0.2, 0.25) is 0 Å². The van der Waals surface area contributed by atoms with Crippen molar-refractivity contribution in [2.45, 2.75) is 229 Å². The van der Waals surface area contributed by atoms with Crippen molar-refractivity contribution in [2.24, 2.45) is 0 Å². The molecule has 4 N–H and O–H groups in total. The van der Waals surface area contributed by atoms with Crippen molar-refractivity contribution in [1.29, 1.82) is 0 Å². The molecule has 9 fully saturated rings. The number of nitrogens with one attached hydrogen (secondary N) is 3. The summed E-state index contributed by atoms with van der Waals surface area (Å²) in [5.41, 5.74) is 17.9. The Kier molecular flexibility index (Phi) is 30.8. The minimum absolute atomic E-state index is 0.0560. The van der Waals surface area contributed by atoms with E-state index in [0.29, 0.717) is 59.7 Å². The Morgan fingerprint density at radius 2 is 1.05 bits per heavy atom. The van der Waals surface area contributed by atoms with Gasteiger partial charge in [0.2, 0.25) is 20.0 Å². The number of aromatic carboxylic acids is 1. The number of ether oxygens (including phenoxy) is 3. The number of carbonyl (C=O) groups is 4. The molecule has 752 valence electrons. The van der Waals surface area contributed by atoms with Gasteiger partial charge in [0.05, 0.1) is 131 Å². The number of fused-ring (bicyclic) bond motifs is 15. The molecule has 140 heavy (non-hydrogen) atoms. The number of rotatable bonds is 17. The van der Waals surface area contributed by atoms with Crippen LogP contribution in [0.25, 0.3) is 78.7 Å². The monoisotopic (exact) mass is 1970 g/mol. The van der Waals surface area contributed by atoms with E-state index >= 15 is 0 Å². The second kappa shape index (κ2) is 42.5. The zero-order valence-corrected chi connectivity index (χ0v) is 84.6. The van der Waals surface area contributed by atoms with Crippen LogP contribution in [-0.2, 0) is 37.9 Å². The second-order valence-electron chi connectivity index (χ2n) is 40.0. The van der Waals surface area contributed by atoms with E-state index in [1.165, 1.54) is 62.2 Å². The standard InChI is InChI=1S/C43H52N6O5S.C37H42N4O6S.C11H16N5O.C6H12N2.C5H11NO.BF4/c1-25(2)55(52,53)45-42(50)28-14-16-36-37(20-28)48-22-30(18-29-19-34(54-5)15-17-35(29)41(48)39(36)27-10-7-6-8-11-27)40-38(26(3)44-49(40)31-12-9-13-31)43(51)47-24-32-21-33(47)23-46(32)4;1-21(2)48(45,46)39-36(42)24-13-15-30-31(19-24)40-20-26(34-32(37(43)44)22(3)38-41(34)27-11-8-12-27)17-25-18-28(47-4)14-16-29(25)35(40)33(30)23-9-6-5-7-10-23;1-14(2)11(15(3)4)17-16-10-8-6-5-7-9(10)12-13-16;1-8-4-5-2-6(8)3-7-5;1-6-2-4-7-5-3-6;2-1(3,4)5/h14-20,25,27,31-33H,6-13,21-24H2,1-5H3,(H,45,50);13-19,21,23,27H,5-12,20H2,1-4H3,(H,39,42)(H,43,44);5-8H,1-4H3;5-7H,2-4H2,1H3;2-5H2,1H3;/q;;+1;;;-1/t32-,33-;;;5-,6-;;/m0..0../s1. The number of piperazine rings is 2. The van der Waals surface area contributed by atoms with Gasteiger partial charge in [0.25, 0.3) is 17.7 Å². The maximum Gasteiger partial charge on any atom is 0.673 e. The molecule has 4 saturated carbocycles. The molecule has 5 saturated heterocycles. The number of likely N-dealkylation sites (tertiary alicyclic amines) is 3. The molecule has 10 aromatic rings. The lowest BCUT2D eigenvalue weighted by Crippen LogP contribution is -2.47. The number of para-hydroxylation sites is 1. The third-order valence-corrected chi connectivity index (χ3v) is 32.9. The summed E-state index contributed by atoms with van der Waals surface area (Å²) < 4.78 is 122. The van der Waals surface area contributed by atoms with Crippen LogP contribution in [0.5, 0.6) is 11.5 Å². The Morgan fingerprint density at radius 3 is 1.44 bits per heavy atom. The van der Waals surface area contributed by atoms with Gasteiger partial charge in [-0.15, -0.1) is 5.10 Å². The summed E-state index contributed by atoms with van der Waals surface area (Å²) >= 11 is 0. The summed E-state index contributed by atoms with van der Waals surface area (Å²) in [6, 6.07) is 34.3. The molecule has 0 spiro atoms. The van der Waals surface area contributed by atoms with Crippen molar-refractivity contribution in [2.75, 3.05) is 116 Å². The fraction of sp³-hybridized carbons (Fsp3) is 0.520. The van der Waals surface area contributed by atoms with Crippen molar-refractivity contribution < 1.29 is 82.0 Å². The number of nitrogens with zero attached hydrogens (tertiary/aromatic N) is 15. The number of carbonyl (C=O) groups excluding carboxylic acids is 3. The number of methoxy groups -OCH3 is 2. The fourth-order valence-corrected chi connectivity index (χ4v) is 22.7. The van der Waals surface area contributed by atoms with E-state index in [4.69, 9.17) is 29.2 Å². The van der Waals surface area contributed by atoms with Crippen LogP contribution in [0, 0.1) is 13.8 Å². The number of hydrogen-bond donors (Lipinski definition) is 4. The zero-order chi connectivity index (χ0) is 99.8. The second-order valence-corrected chi connectivity index (χ2v) is 44.5. The lowest BCUT2D eigenvalue weighted by molar-refractivity contribution is -0.480. The first-order valence-electron chi connectivity index (χ1n) is 49.2. The van der Waals surface area contributed by atoms with E-state index < -0.39 is 55.6 Å². The summed E-state index contributed by atoms with van der Waals surface area (Å²) in [5.74, 6) is -0.212. The van der Waals surface area contributed by atoms with Crippen LogP contribution < -0.4 is 29.1 Å². The van der Waals surface area contributed by atoms with Gasteiger partial charge in [0.15, 0.2) is 0 Å². The molecule has 0 unspecified atom stereocenters. The van der Waals surface area contributed by atoms with E-state index in [0.717, 1.165) is 243 Å². The highest BCUT2D eigenvalue weighted by Gasteiger charge is 2.47. The van der Waals surface area contributed by atoms with Gasteiger partial charge < -0.3 is 65.7 Å². The molecule has 21 rings (SSSR count). The number of aryl methyl sites for hydroxylation is 2. The first-order chi connectivity index (χ1) is 66.8. The van der Waals surface area contributed by atoms with Crippen LogP contribution >= 0.6 is 0 Å². The van der Waals surface area contributed by atoms with E-state index in [1.807, 2.05) is 110 Å². The smallest absolute Gasteiger partial charge is 0.497 e. The zero-order valence-electron chi connectivity index (χ0n) is 82.9. The molecular formula is C102H133BF4N18O13S2. The molecule has 4 atom stereocenters. The largest absolute Gasteiger partial charge is 0.673 e. The van der Waals surface area contributed by atoms with Crippen LogP contribution in [0.15, 0.2) is 97.1 Å². The Hall–Kier alpha value is -11.3. The number of likely N-dealkylation sites (N-methyl/N-ethyl adjacent to an activating group) is 3. The predicted molar refractivity (Wildman–Crippen MR) is 537 cm³/mol. The van der Waals surface area contributed by atoms with E-state index in [9.17, 15) is 58.4 Å². The SMILES string of the molecule is CN(C)C(On1nnc2ccccc21)=[N+](C)C.CN1CCOCC1.CN1C[C@@H]2C[C@H]1CN2.COc1ccc2c(c1)C=C(c1c(C(=O)N3C[C@@H]4C[C@H]3CN4C)c(C)nn1C1CCC1)Cn1c-2c(C2CCCCC2)c2ccc(C(=O)NS(=O)(=O)C(C)C)cc21.COc1ccc2c(c1)C=C(c1c(C(=O)O)c(C)nn1C1CCC1)Cn1c-2c(C2CCCCC2)c2ccc(C(=O)NS(=O)(=O)C(C)C)cc21.F[B-](F)(F)F. The van der Waals surface area contributed by atoms with E-state index in [2.05, 4.69) is 110 Å². The van der Waals surface area contributed by atoms with Gasteiger partial charge in [-0.25, -0.2) is 40.5 Å². The number of allylic oxidation sites excluding steroid dienone is 2. The average molecular weight is 1970 g/mol. The molecule has 5 aromatic carbocycles. The third-order valence-electron chi connectivity index (χ3n) is 29.5. The van der Waals surface area contributed by atoms with E-state index in [1.54, 1.807) is 53.2 Å². The van der Waals surface area contributed by atoms with Crippen LogP contribution in [0.3, 0.4) is 0 Å². The number of aromatic nitrogens is 9. The molecular weight excluding hydrogens is 1840 g/mol. The number of hydrogen-bond acceptors (Lipinski definition) is 20. The van der Waals surface area contributed by atoms with Gasteiger partial charge in [-0.3, -0.25) is 33.5 Å². The number of halogens is 4. The summed E-state index contributed by atoms with van der Waals surface area (Å²) in [6.45, 7) is 18.8. The Morgan fingerprint density at radius 1 is 0.571 bits per heavy atom. The van der Waals surface area contributed by atoms with Gasteiger partial charge in [-0.05, 0) is 275 Å². The number of sulfonamides is 2. The maximum absolute atomic E-state index is 14.9. The van der Waals surface area contributed by atoms with Crippen LogP contribution in [0.4, 0.5) is 17.3 Å². The summed E-state index contributed by atoms with van der Waals surface area (Å²) in [7, 11) is 3.77. The normalized spacial score (nSPS) is 19.9. The predicted octanol–water partition coefficient (Wildman–Crippen LogP) is 15.4. The number of benzene rings is 5. The Balaban J connectivity index is 0.000000148. The topological polar surface area (TPSA) is 325 Å². The highest BCUT2D eigenvalue weighted by atomic mass is 32.2. The van der Waals surface area contributed by atoms with Crippen molar-refractivity contribution in [3.8, 4) is 34.0 Å². The minimum Gasteiger partial charge on any atom is -0.497 e. The quantitative estimate of drug-likeness (QED) is 0.0216. The van der Waals surface area contributed by atoms with Crippen molar-refractivity contribution in [1.82, 2.24) is 83.1 Å². The summed E-state index contributed by atoms with van der Waals surface area (Å²) in [5, 5.41) is 32.4. The minimum atomic E-state index is -6.00. The first-order valence-corrected chi connectivity index (χ1v) is 52.3. The number of carboxylic acid groups (broad SMARTS) is 1. The molecule has 0 radical (unpaired) electrons. The molecule has 11 aliphatic rings. The van der Waals surface area contributed by atoms with Crippen molar-refractivity contribution in [3.63, 3.8) is 0 Å². The van der Waals surface area contributed by atoms with Crippen molar-refractivity contribution in [3.05, 3.63) is 164 Å². The first kappa shape index (κ1) is 102. The number of carboxylic acids is 1. The molecule has 4 bridgehead atoms. The van der Waals surface area contributed by atoms with Gasteiger partial charge in [-0.2, -0.15) is 10.2 Å². The fourth-order valence-electron chi connectivity index (χ4n) is 21.5. The van der Waals surface area contributed by atoms with Gasteiger partial charge in [-0.1, -0.05) is 67.6 Å². The highest BCUT2D eigenvalue weighted by molar-refractivity contribution is 7.90. The highest BCUT2D eigenvalue weighted by Crippen LogP contribution is 2.52. The van der Waals surface area contributed by atoms with Crippen molar-refractivity contribution >= 4 is 113 Å². The number of amides is 3. The van der Waals surface area contributed by atoms with Gasteiger partial charge in [0.1, 0.15) is 28.1 Å². The Bertz CT molecular complexity index is 6640. The lowest BCUT2D eigenvalue weighted by atomic mass is 9.81. The molecule has 4 aliphatic carbocycles. The molecule has 3 amide bonds. The summed E-state index contributed by atoms with van der Waals surface area (Å²) in [6.07, 6.45) is 24.0. The number of morpholine rings is 1. The lowest BCUT2D eigenvalue weighted by Gasteiger charge is -2.32. The van der Waals surface area contributed by atoms with E-state index in [-0.39, 0.29) is 40.7 Å². The molecule has 38 heteroatoms. The molecule has 31 nitrogen and oxygen atoms in total. The third kappa shape index (κ3) is 21.7. The molecule has 5 aromatic heterocycles. The molecule has 7 aliphatic heterocycles. The Labute approximate surface area is 816 Å². The number of amidine groups is 1. The van der Waals surface area contributed by atoms with Crippen LogP contribution in [-0.4, -0.2) is 283 Å². The maximum atomic E-state index is 14.9. The van der Waals surface area contributed by atoms with Gasteiger partial charge in [0, 0.05) is 107 Å². The summed E-state index contributed by atoms with van der Waals surface area (Å²) in [4.78, 5) is 72.8. The molecule has 12 heterocycles. The average Bonchev–Trinajstić information content (AvgIpc) is 1.54. The van der Waals surface area contributed by atoms with Crippen LogP contribution in [0.1, 0.15) is 254 Å². The van der Waals surface area contributed by atoms with Gasteiger partial charge >= 0.3 is 19.2 Å².